The summed E-state index contributed by atoms with van der Waals surface area (Å²) in [5, 5.41) is 8.80. The fourth-order valence-electron chi connectivity index (χ4n) is 4.01. The van der Waals surface area contributed by atoms with Gasteiger partial charge in [0, 0.05) is 18.1 Å². The molecule has 1 aliphatic heterocycles. The van der Waals surface area contributed by atoms with E-state index in [9.17, 15) is 19.2 Å². The molecule has 3 amide bonds. The summed E-state index contributed by atoms with van der Waals surface area (Å²) in [5.74, 6) is 1.25. The Morgan fingerprint density at radius 3 is 2.17 bits per heavy atom. The van der Waals surface area contributed by atoms with Crippen LogP contribution in [0.3, 0.4) is 0 Å². The molecule has 0 saturated carbocycles. The van der Waals surface area contributed by atoms with E-state index in [0.717, 1.165) is 56.3 Å². The van der Waals surface area contributed by atoms with Crippen LogP contribution >= 0.6 is 21.6 Å². The average molecular weight is 531 g/mol. The number of nitrogens with zero attached hydrogens (tertiary/aromatic N) is 1. The highest BCUT2D eigenvalue weighted by atomic mass is 33.1. The van der Waals surface area contributed by atoms with E-state index in [1.165, 1.54) is 4.90 Å². The van der Waals surface area contributed by atoms with Crippen LogP contribution in [0.25, 0.3) is 0 Å². The zero-order valence-electron chi connectivity index (χ0n) is 22.0. The van der Waals surface area contributed by atoms with Crippen LogP contribution < -0.4 is 16.0 Å². The molecule has 0 aliphatic carbocycles. The molecule has 1 heterocycles. The van der Waals surface area contributed by atoms with E-state index >= 15 is 0 Å². The SMILES string of the molecule is CCCN1CC(=O)NC(C=O)CCCCCSSCCCCCC(NC)C(=O)NC(C(C)C)C1=O. The number of hydrogen-bond acceptors (Lipinski definition) is 7. The lowest BCUT2D eigenvalue weighted by Crippen LogP contribution is -2.56. The Hall–Kier alpha value is -1.26. The molecule has 0 aromatic carbocycles. The lowest BCUT2D eigenvalue weighted by atomic mass is 10.0. The van der Waals surface area contributed by atoms with E-state index in [1.54, 1.807) is 7.05 Å². The van der Waals surface area contributed by atoms with Crippen molar-refractivity contribution in [2.24, 2.45) is 5.92 Å². The molecule has 202 valence electrons. The molecule has 1 rings (SSSR count). The maximum atomic E-state index is 13.4. The quantitative estimate of drug-likeness (QED) is 0.370. The van der Waals surface area contributed by atoms with Crippen molar-refractivity contribution in [1.29, 1.82) is 0 Å². The number of aldehydes is 1. The predicted molar refractivity (Wildman–Crippen MR) is 146 cm³/mol. The molecule has 0 aromatic heterocycles. The molecule has 1 fully saturated rings. The van der Waals surface area contributed by atoms with E-state index < -0.39 is 12.1 Å². The van der Waals surface area contributed by atoms with Gasteiger partial charge in [0.2, 0.25) is 17.7 Å². The molecule has 0 bridgehead atoms. The minimum absolute atomic E-state index is 0.126. The molecule has 3 N–H and O–H groups in total. The van der Waals surface area contributed by atoms with Gasteiger partial charge in [0.15, 0.2) is 0 Å². The second kappa shape index (κ2) is 18.9. The molecule has 35 heavy (non-hydrogen) atoms. The second-order valence-corrected chi connectivity index (χ2v) is 12.2. The summed E-state index contributed by atoms with van der Waals surface area (Å²) in [7, 11) is 5.55. The maximum Gasteiger partial charge on any atom is 0.245 e. The first-order chi connectivity index (χ1) is 16.8. The van der Waals surface area contributed by atoms with Crippen LogP contribution in [0.4, 0.5) is 0 Å². The molecule has 1 saturated heterocycles. The molecule has 0 spiro atoms. The van der Waals surface area contributed by atoms with Crippen molar-refractivity contribution in [2.45, 2.75) is 96.7 Å². The molecular formula is C25H46N4O4S2. The highest BCUT2D eigenvalue weighted by molar-refractivity contribution is 8.76. The van der Waals surface area contributed by atoms with Crippen LogP contribution in [-0.2, 0) is 19.2 Å². The van der Waals surface area contributed by atoms with Gasteiger partial charge >= 0.3 is 0 Å². The number of hydrogen-bond donors (Lipinski definition) is 3. The zero-order chi connectivity index (χ0) is 26.1. The summed E-state index contributed by atoms with van der Waals surface area (Å²) in [5.41, 5.74) is 0. The normalized spacial score (nSPS) is 25.8. The van der Waals surface area contributed by atoms with Crippen molar-refractivity contribution < 1.29 is 19.2 Å². The van der Waals surface area contributed by atoms with Gasteiger partial charge in [-0.15, -0.1) is 0 Å². The van der Waals surface area contributed by atoms with Crippen molar-refractivity contribution in [1.82, 2.24) is 20.9 Å². The summed E-state index contributed by atoms with van der Waals surface area (Å²) >= 11 is 0. The van der Waals surface area contributed by atoms with Crippen LogP contribution in [0.15, 0.2) is 0 Å². The Morgan fingerprint density at radius 1 is 1.00 bits per heavy atom. The topological polar surface area (TPSA) is 108 Å². The Kier molecular flexibility index (Phi) is 17.2. The zero-order valence-corrected chi connectivity index (χ0v) is 23.6. The lowest BCUT2D eigenvalue weighted by molar-refractivity contribution is -0.141. The van der Waals surface area contributed by atoms with Gasteiger partial charge < -0.3 is 25.6 Å². The van der Waals surface area contributed by atoms with Gasteiger partial charge in [-0.2, -0.15) is 0 Å². The highest BCUT2D eigenvalue weighted by Crippen LogP contribution is 2.24. The second-order valence-electron chi connectivity index (χ2n) is 9.48. The molecule has 1 aliphatic rings. The summed E-state index contributed by atoms with van der Waals surface area (Å²) < 4.78 is 0. The molecule has 3 unspecified atom stereocenters. The first-order valence-corrected chi connectivity index (χ1v) is 15.6. The predicted octanol–water partition coefficient (Wildman–Crippen LogP) is 3.15. The highest BCUT2D eigenvalue weighted by Gasteiger charge is 2.31. The van der Waals surface area contributed by atoms with Gasteiger partial charge in [-0.1, -0.05) is 68.0 Å². The van der Waals surface area contributed by atoms with E-state index in [2.05, 4.69) is 16.0 Å². The fourth-order valence-corrected chi connectivity index (χ4v) is 6.31. The largest absolute Gasteiger partial charge is 0.345 e. The van der Waals surface area contributed by atoms with Gasteiger partial charge in [0.05, 0.1) is 18.6 Å². The molecule has 10 heteroatoms. The summed E-state index contributed by atoms with van der Waals surface area (Å²) in [6.07, 6.45) is 8.91. The number of likely N-dealkylation sites (N-methyl/N-ethyl adjacent to an activating group) is 1. The summed E-state index contributed by atoms with van der Waals surface area (Å²) in [6, 6.07) is -1.62. The Balaban J connectivity index is 2.96. The van der Waals surface area contributed by atoms with E-state index in [4.69, 9.17) is 0 Å². The third kappa shape index (κ3) is 13.0. The summed E-state index contributed by atoms with van der Waals surface area (Å²) in [4.78, 5) is 52.1. The number of carbonyl (C=O) groups is 4. The molecule has 0 radical (unpaired) electrons. The van der Waals surface area contributed by atoms with Gasteiger partial charge in [-0.05, 0) is 45.1 Å². The number of amides is 3. The van der Waals surface area contributed by atoms with Gasteiger partial charge in [-0.3, -0.25) is 14.4 Å². The molecule has 3 atom stereocenters. The fraction of sp³-hybridized carbons (Fsp3) is 0.840. The number of rotatable bonds is 5. The monoisotopic (exact) mass is 530 g/mol. The van der Waals surface area contributed by atoms with Gasteiger partial charge in [0.25, 0.3) is 0 Å². The van der Waals surface area contributed by atoms with Crippen molar-refractivity contribution in [3.63, 3.8) is 0 Å². The third-order valence-corrected chi connectivity index (χ3v) is 8.67. The third-order valence-electron chi connectivity index (χ3n) is 6.09. The van der Waals surface area contributed by atoms with E-state index in [1.807, 2.05) is 42.4 Å². The minimum Gasteiger partial charge on any atom is -0.345 e. The minimum atomic E-state index is -0.717. The lowest BCUT2D eigenvalue weighted by Gasteiger charge is -2.30. The van der Waals surface area contributed by atoms with Crippen LogP contribution in [0.5, 0.6) is 0 Å². The van der Waals surface area contributed by atoms with Crippen molar-refractivity contribution >= 4 is 45.6 Å². The maximum absolute atomic E-state index is 13.4. The van der Waals surface area contributed by atoms with Gasteiger partial charge in [0.1, 0.15) is 12.3 Å². The molecular weight excluding hydrogens is 484 g/mol. The first-order valence-electron chi connectivity index (χ1n) is 13.1. The molecule has 0 aromatic rings. The summed E-state index contributed by atoms with van der Waals surface area (Å²) in [6.45, 7) is 6.01. The molecule has 8 nitrogen and oxygen atoms in total. The van der Waals surface area contributed by atoms with Crippen molar-refractivity contribution in [3.8, 4) is 0 Å². The first kappa shape index (κ1) is 31.8. The number of nitrogens with one attached hydrogen (secondary N) is 3. The number of carbonyl (C=O) groups excluding carboxylic acids is 4. The standard InChI is InChI=1S/C25H46N4O4S2/c1-5-14-29-17-22(31)27-20(18-30)12-8-6-10-15-34-35-16-11-7-9-13-21(26-4)24(32)28-23(19(2)3)25(29)33/h18-21,23,26H,5-17H2,1-4H3,(H,27,31)(H,28,32). The average Bonchev–Trinajstić information content (AvgIpc) is 2.83. The smallest absolute Gasteiger partial charge is 0.245 e. The van der Waals surface area contributed by atoms with Crippen molar-refractivity contribution in [3.05, 3.63) is 0 Å². The van der Waals surface area contributed by atoms with Crippen LogP contribution in [0.2, 0.25) is 0 Å². The van der Waals surface area contributed by atoms with Gasteiger partial charge in [-0.25, -0.2) is 0 Å². The van der Waals surface area contributed by atoms with E-state index in [-0.39, 0.29) is 36.2 Å². The van der Waals surface area contributed by atoms with Crippen LogP contribution in [0, 0.1) is 5.92 Å². The van der Waals surface area contributed by atoms with Crippen LogP contribution in [0.1, 0.15) is 78.6 Å². The van der Waals surface area contributed by atoms with Crippen molar-refractivity contribution in [2.75, 3.05) is 31.6 Å². The Morgan fingerprint density at radius 2 is 1.63 bits per heavy atom. The Bertz CT molecular complexity index is 651. The van der Waals surface area contributed by atoms with Crippen LogP contribution in [-0.4, -0.2) is 78.7 Å². The van der Waals surface area contributed by atoms with E-state index in [0.29, 0.717) is 25.8 Å². The Labute approximate surface area is 219 Å².